The van der Waals surface area contributed by atoms with Crippen LogP contribution in [0.15, 0.2) is 34.0 Å². The molecule has 0 amide bonds. The Kier molecular flexibility index (Phi) is 5.95. The molecule has 146 valence electrons. The maximum atomic E-state index is 5.96. The highest BCUT2D eigenvalue weighted by atomic mass is 79.9. The van der Waals surface area contributed by atoms with Crippen molar-refractivity contribution in [2.75, 3.05) is 32.8 Å². The van der Waals surface area contributed by atoms with Crippen molar-refractivity contribution < 1.29 is 9.47 Å². The van der Waals surface area contributed by atoms with E-state index in [2.05, 4.69) is 38.1 Å². The summed E-state index contributed by atoms with van der Waals surface area (Å²) in [5, 5.41) is 3.41. The number of aliphatic imine (C=N–C) groups is 1. The van der Waals surface area contributed by atoms with Crippen LogP contribution in [0.1, 0.15) is 25.5 Å². The van der Waals surface area contributed by atoms with Gasteiger partial charge in [0.2, 0.25) is 0 Å². The van der Waals surface area contributed by atoms with Gasteiger partial charge in [-0.1, -0.05) is 0 Å². The predicted octanol–water partition coefficient (Wildman–Crippen LogP) is 2.44. The molecule has 2 fully saturated rings. The quantitative estimate of drug-likeness (QED) is 0.590. The average molecular weight is 436 g/mol. The second-order valence-electron chi connectivity index (χ2n) is 6.92. The summed E-state index contributed by atoms with van der Waals surface area (Å²) in [4.78, 5) is 11.8. The molecule has 27 heavy (non-hydrogen) atoms. The van der Waals surface area contributed by atoms with E-state index in [1.54, 1.807) is 0 Å². The third-order valence-corrected chi connectivity index (χ3v) is 5.43. The molecule has 2 aliphatic heterocycles. The second-order valence-corrected chi connectivity index (χ2v) is 7.84. The van der Waals surface area contributed by atoms with Gasteiger partial charge >= 0.3 is 0 Å². The molecule has 4 heterocycles. The minimum atomic E-state index is 0.123. The summed E-state index contributed by atoms with van der Waals surface area (Å²) >= 11 is 3.50. The van der Waals surface area contributed by atoms with Crippen molar-refractivity contribution in [1.29, 1.82) is 0 Å². The van der Waals surface area contributed by atoms with Crippen LogP contribution in [0.25, 0.3) is 5.65 Å². The first kappa shape index (κ1) is 18.7. The molecular formula is C19H26BrN5O2. The van der Waals surface area contributed by atoms with E-state index in [0.717, 1.165) is 60.9 Å². The molecule has 0 aliphatic carbocycles. The molecule has 8 heteroatoms. The number of halogens is 1. The third-order valence-electron chi connectivity index (χ3n) is 4.96. The summed E-state index contributed by atoms with van der Waals surface area (Å²) in [6.45, 7) is 6.68. The second kappa shape index (κ2) is 8.58. The van der Waals surface area contributed by atoms with Gasteiger partial charge in [0.15, 0.2) is 5.96 Å². The first-order chi connectivity index (χ1) is 13.2. The van der Waals surface area contributed by atoms with Gasteiger partial charge in [-0.15, -0.1) is 0 Å². The molecule has 0 bridgehead atoms. The van der Waals surface area contributed by atoms with Crippen molar-refractivity contribution in [2.24, 2.45) is 4.99 Å². The van der Waals surface area contributed by atoms with E-state index in [9.17, 15) is 0 Å². The van der Waals surface area contributed by atoms with Gasteiger partial charge in [-0.05, 0) is 47.8 Å². The van der Waals surface area contributed by atoms with Crippen molar-refractivity contribution in [3.05, 3.63) is 34.7 Å². The van der Waals surface area contributed by atoms with Crippen LogP contribution in [0, 0.1) is 0 Å². The number of pyridine rings is 1. The van der Waals surface area contributed by atoms with Crippen LogP contribution in [0.4, 0.5) is 0 Å². The van der Waals surface area contributed by atoms with Gasteiger partial charge in [0.25, 0.3) is 0 Å². The van der Waals surface area contributed by atoms with E-state index < -0.39 is 0 Å². The first-order valence-electron chi connectivity index (χ1n) is 9.62. The Hall–Kier alpha value is -1.64. The van der Waals surface area contributed by atoms with Crippen molar-refractivity contribution in [3.8, 4) is 0 Å². The average Bonchev–Trinajstić information content (AvgIpc) is 3.34. The fourth-order valence-corrected chi connectivity index (χ4v) is 4.02. The van der Waals surface area contributed by atoms with Gasteiger partial charge in [0, 0.05) is 43.1 Å². The lowest BCUT2D eigenvalue weighted by Gasteiger charge is -2.37. The number of hydrogen-bond acceptors (Lipinski definition) is 4. The van der Waals surface area contributed by atoms with Crippen LogP contribution in [0.2, 0.25) is 0 Å². The van der Waals surface area contributed by atoms with E-state index in [0.29, 0.717) is 13.2 Å². The highest BCUT2D eigenvalue weighted by Gasteiger charge is 2.32. The van der Waals surface area contributed by atoms with Gasteiger partial charge in [-0.3, -0.25) is 0 Å². The van der Waals surface area contributed by atoms with Gasteiger partial charge in [-0.2, -0.15) is 0 Å². The van der Waals surface area contributed by atoms with Gasteiger partial charge < -0.3 is 24.1 Å². The Morgan fingerprint density at radius 2 is 2.19 bits per heavy atom. The normalized spacial score (nSPS) is 23.9. The summed E-state index contributed by atoms with van der Waals surface area (Å²) < 4.78 is 14.8. The molecule has 2 aromatic heterocycles. The molecule has 0 saturated carbocycles. The maximum absolute atomic E-state index is 5.96. The van der Waals surface area contributed by atoms with Gasteiger partial charge in [0.05, 0.1) is 24.9 Å². The van der Waals surface area contributed by atoms with E-state index in [4.69, 9.17) is 14.5 Å². The van der Waals surface area contributed by atoms with Crippen molar-refractivity contribution in [2.45, 2.75) is 38.5 Å². The Labute approximate surface area is 167 Å². The number of rotatable bonds is 4. The lowest BCUT2D eigenvalue weighted by atomic mass is 10.1. The lowest BCUT2D eigenvalue weighted by Crippen LogP contribution is -2.53. The largest absolute Gasteiger partial charge is 0.375 e. The fraction of sp³-hybridized carbons (Fsp3) is 0.579. The lowest BCUT2D eigenvalue weighted by molar-refractivity contribution is -0.0817. The maximum Gasteiger partial charge on any atom is 0.194 e. The number of hydrogen-bond donors (Lipinski definition) is 1. The highest BCUT2D eigenvalue weighted by Crippen LogP contribution is 2.21. The molecule has 7 nitrogen and oxygen atoms in total. The van der Waals surface area contributed by atoms with E-state index in [-0.39, 0.29) is 12.2 Å². The number of morpholine rings is 1. The minimum absolute atomic E-state index is 0.123. The van der Waals surface area contributed by atoms with Crippen LogP contribution in [0.3, 0.4) is 0 Å². The van der Waals surface area contributed by atoms with E-state index in [1.165, 1.54) is 0 Å². The summed E-state index contributed by atoms with van der Waals surface area (Å²) in [5.74, 6) is 0.919. The zero-order valence-electron chi connectivity index (χ0n) is 15.6. The van der Waals surface area contributed by atoms with Crippen LogP contribution < -0.4 is 5.32 Å². The fourth-order valence-electron chi connectivity index (χ4n) is 3.66. The zero-order chi connectivity index (χ0) is 18.6. The molecule has 2 unspecified atom stereocenters. The Morgan fingerprint density at radius 1 is 1.30 bits per heavy atom. The summed E-state index contributed by atoms with van der Waals surface area (Å²) in [7, 11) is 0. The van der Waals surface area contributed by atoms with Gasteiger partial charge in [0.1, 0.15) is 11.8 Å². The SMILES string of the molecule is CCNC(=NCc1cn2cc(Br)ccc2n1)N1CCOC(C2CCCO2)C1. The van der Waals surface area contributed by atoms with Crippen LogP contribution in [-0.4, -0.2) is 65.3 Å². The Bertz CT molecular complexity index is 802. The highest BCUT2D eigenvalue weighted by molar-refractivity contribution is 9.10. The van der Waals surface area contributed by atoms with Crippen molar-refractivity contribution in [3.63, 3.8) is 0 Å². The number of nitrogens with zero attached hydrogens (tertiary/aromatic N) is 4. The monoisotopic (exact) mass is 435 g/mol. The van der Waals surface area contributed by atoms with Crippen LogP contribution in [-0.2, 0) is 16.0 Å². The molecule has 2 atom stereocenters. The zero-order valence-corrected chi connectivity index (χ0v) is 17.2. The van der Waals surface area contributed by atoms with Crippen LogP contribution in [0.5, 0.6) is 0 Å². The number of guanidine groups is 1. The Morgan fingerprint density at radius 3 is 3.00 bits per heavy atom. The van der Waals surface area contributed by atoms with E-state index >= 15 is 0 Å². The number of imidazole rings is 1. The number of aromatic nitrogens is 2. The molecule has 4 rings (SSSR count). The standard InChI is InChI=1S/C19H26BrN5O2/c1-2-21-19(24-7-9-27-17(13-24)16-4-3-8-26-16)22-10-15-12-25-11-14(20)5-6-18(25)23-15/h5-6,11-12,16-17H,2-4,7-10,13H2,1H3,(H,21,22). The summed E-state index contributed by atoms with van der Waals surface area (Å²) in [6.07, 6.45) is 6.59. The molecule has 2 aromatic rings. The third kappa shape index (κ3) is 4.44. The topological polar surface area (TPSA) is 63.4 Å². The Balaban J connectivity index is 1.46. The molecule has 0 spiro atoms. The first-order valence-corrected chi connectivity index (χ1v) is 10.4. The molecular weight excluding hydrogens is 410 g/mol. The van der Waals surface area contributed by atoms with Gasteiger partial charge in [-0.25, -0.2) is 9.98 Å². The number of ether oxygens (including phenoxy) is 2. The minimum Gasteiger partial charge on any atom is -0.375 e. The molecule has 2 aliphatic rings. The van der Waals surface area contributed by atoms with Crippen LogP contribution >= 0.6 is 15.9 Å². The van der Waals surface area contributed by atoms with E-state index in [1.807, 2.05) is 28.9 Å². The molecule has 0 aromatic carbocycles. The van der Waals surface area contributed by atoms with Crippen molar-refractivity contribution >= 4 is 27.5 Å². The molecule has 2 saturated heterocycles. The summed E-state index contributed by atoms with van der Waals surface area (Å²) in [6, 6.07) is 4.00. The predicted molar refractivity (Wildman–Crippen MR) is 108 cm³/mol. The molecule has 0 radical (unpaired) electrons. The number of fused-ring (bicyclic) bond motifs is 1. The smallest absolute Gasteiger partial charge is 0.194 e. The summed E-state index contributed by atoms with van der Waals surface area (Å²) in [5.41, 5.74) is 1.88. The molecule has 1 N–H and O–H groups in total. The number of nitrogens with one attached hydrogen (secondary N) is 1. The van der Waals surface area contributed by atoms with Crippen molar-refractivity contribution in [1.82, 2.24) is 19.6 Å².